The number of aliphatic carboxylic acids is 1. The minimum atomic E-state index is -1.26. The second-order valence-electron chi connectivity index (χ2n) is 20.7. The number of aliphatic hydroxyl groups excluding tert-OH is 1. The molecule has 0 aromatic rings. The molecule has 2 spiro atoms. The van der Waals surface area contributed by atoms with Crippen molar-refractivity contribution in [3.05, 3.63) is 11.6 Å². The number of allylic oxidation sites excluding steroid dienone is 1. The lowest BCUT2D eigenvalue weighted by Crippen LogP contribution is -2.63. The first-order valence-electron chi connectivity index (χ1n) is 23.1. The van der Waals surface area contributed by atoms with Crippen LogP contribution in [0.3, 0.4) is 0 Å². The van der Waals surface area contributed by atoms with Crippen molar-refractivity contribution in [1.82, 2.24) is 0 Å². The van der Waals surface area contributed by atoms with Gasteiger partial charge in [0.05, 0.1) is 60.4 Å². The van der Waals surface area contributed by atoms with E-state index in [9.17, 15) is 24.9 Å². The van der Waals surface area contributed by atoms with Crippen molar-refractivity contribution in [2.45, 2.75) is 219 Å². The Bertz CT molecular complexity index is 1550. The lowest BCUT2D eigenvalue weighted by Gasteiger charge is -2.54. The molecule has 6 rings (SSSR count). The van der Waals surface area contributed by atoms with Crippen LogP contribution in [0.25, 0.3) is 0 Å². The van der Waals surface area contributed by atoms with Crippen molar-refractivity contribution in [2.75, 3.05) is 7.11 Å². The van der Waals surface area contributed by atoms with E-state index in [1.54, 1.807) is 34.8 Å². The van der Waals surface area contributed by atoms with Gasteiger partial charge in [-0.1, -0.05) is 61.5 Å². The van der Waals surface area contributed by atoms with Gasteiger partial charge in [-0.05, 0) is 71.3 Å². The van der Waals surface area contributed by atoms with Crippen LogP contribution in [0.5, 0.6) is 0 Å². The van der Waals surface area contributed by atoms with Crippen LogP contribution in [0.15, 0.2) is 11.6 Å². The summed E-state index contributed by atoms with van der Waals surface area (Å²) in [5, 5.41) is 32.2. The predicted octanol–water partition coefficient (Wildman–Crippen LogP) is 7.18. The molecule has 13 nitrogen and oxygen atoms in total. The predicted molar refractivity (Wildman–Crippen MR) is 222 cm³/mol. The molecule has 0 bridgehead atoms. The molecule has 6 heterocycles. The molecule has 13 heteroatoms. The largest absolute Gasteiger partial charge is 0.481 e. The Balaban J connectivity index is 1.24. The maximum absolute atomic E-state index is 13.4. The number of aliphatic hydroxyl groups is 2. The van der Waals surface area contributed by atoms with Crippen molar-refractivity contribution >= 4 is 11.8 Å². The van der Waals surface area contributed by atoms with Gasteiger partial charge in [0.25, 0.3) is 0 Å². The smallest absolute Gasteiger partial charge is 0.306 e. The minimum Gasteiger partial charge on any atom is -0.481 e. The van der Waals surface area contributed by atoms with Gasteiger partial charge in [0.1, 0.15) is 0 Å². The zero-order chi connectivity index (χ0) is 44.3. The molecule has 0 aromatic heterocycles. The van der Waals surface area contributed by atoms with E-state index in [0.717, 1.165) is 12.8 Å². The molecule has 60 heavy (non-hydrogen) atoms. The first-order valence-corrected chi connectivity index (χ1v) is 23.1. The highest BCUT2D eigenvalue weighted by atomic mass is 16.8. The summed E-state index contributed by atoms with van der Waals surface area (Å²) in [4.78, 5) is 24.8. The number of carbonyl (C=O) groups is 2. The third-order valence-corrected chi connectivity index (χ3v) is 15.8. The zero-order valence-electron chi connectivity index (χ0n) is 38.7. The zero-order valence-corrected chi connectivity index (χ0v) is 38.7. The highest BCUT2D eigenvalue weighted by Gasteiger charge is 2.65. The molecule has 3 N–H and O–H groups in total. The van der Waals surface area contributed by atoms with Crippen LogP contribution in [0, 0.1) is 47.3 Å². The topological polar surface area (TPSA) is 169 Å². The standard InChI is InChI=1S/C47H78O13/c1-24(40(49)25(2)19-28(5)43(50)51)18-26(3)41-31(8)34(48)23-46(59-41)17-16-44(11,60-46)38-22-36(55-39-15-14-35(53-13)33(10)54-39)32(9)47(57-38)30(7)21-37(56-47)42-27(4)20-29(6)45(12,52)58-42/h18,25-39,41-42,48,52H,14-17,19-23H2,1-13H3,(H,50,51). The quantitative estimate of drug-likeness (QED) is 0.169. The number of rotatable bonds is 12. The first-order chi connectivity index (χ1) is 27.9. The summed E-state index contributed by atoms with van der Waals surface area (Å²) in [6, 6.07) is 0. The van der Waals surface area contributed by atoms with Gasteiger partial charge in [-0.3, -0.25) is 9.59 Å². The number of ketones is 1. The fourth-order valence-corrected chi connectivity index (χ4v) is 11.6. The lowest BCUT2D eigenvalue weighted by molar-refractivity contribution is -0.389. The van der Waals surface area contributed by atoms with E-state index >= 15 is 0 Å². The first kappa shape index (κ1) is 47.9. The third kappa shape index (κ3) is 9.47. The van der Waals surface area contributed by atoms with Crippen molar-refractivity contribution in [2.24, 2.45) is 47.3 Å². The molecule has 0 aromatic carbocycles. The van der Waals surface area contributed by atoms with Gasteiger partial charge >= 0.3 is 5.97 Å². The van der Waals surface area contributed by atoms with E-state index in [2.05, 4.69) is 27.7 Å². The highest BCUT2D eigenvalue weighted by Crippen LogP contribution is 2.56. The number of Topliss-reactive ketones (excluding diaryl/α,β-unsaturated/α-hetero) is 1. The Hall–Kier alpha value is -1.52. The summed E-state index contributed by atoms with van der Waals surface area (Å²) in [6.07, 6.45) is 4.09. The number of carboxylic acids is 1. The van der Waals surface area contributed by atoms with E-state index in [1.165, 1.54) is 0 Å². The summed E-state index contributed by atoms with van der Waals surface area (Å²) in [5.41, 5.74) is -0.280. The summed E-state index contributed by atoms with van der Waals surface area (Å²) < 4.78 is 54.1. The molecule has 0 radical (unpaired) electrons. The monoisotopic (exact) mass is 851 g/mol. The average Bonchev–Trinajstić information content (AvgIpc) is 3.68. The van der Waals surface area contributed by atoms with E-state index in [1.807, 2.05) is 33.8 Å². The Morgan fingerprint density at radius 3 is 2.23 bits per heavy atom. The number of hydrogen-bond acceptors (Lipinski definition) is 12. The number of carbonyl (C=O) groups excluding carboxylic acids is 1. The Morgan fingerprint density at radius 1 is 0.883 bits per heavy atom. The van der Waals surface area contributed by atoms with Gasteiger partial charge in [0.15, 0.2) is 29.4 Å². The van der Waals surface area contributed by atoms with Gasteiger partial charge in [0, 0.05) is 68.3 Å². The van der Waals surface area contributed by atoms with Crippen LogP contribution >= 0.6 is 0 Å². The Morgan fingerprint density at radius 2 is 1.58 bits per heavy atom. The van der Waals surface area contributed by atoms with Gasteiger partial charge in [0.2, 0.25) is 0 Å². The highest BCUT2D eigenvalue weighted by molar-refractivity contribution is 5.96. The molecule has 6 fully saturated rings. The van der Waals surface area contributed by atoms with Crippen LogP contribution in [-0.2, 0) is 47.5 Å². The lowest BCUT2D eigenvalue weighted by atomic mass is 9.76. The maximum Gasteiger partial charge on any atom is 0.306 e. The fourth-order valence-electron chi connectivity index (χ4n) is 11.6. The van der Waals surface area contributed by atoms with Crippen molar-refractivity contribution in [3.8, 4) is 0 Å². The van der Waals surface area contributed by atoms with Crippen molar-refractivity contribution < 1.29 is 62.8 Å². The van der Waals surface area contributed by atoms with Gasteiger partial charge in [-0.2, -0.15) is 0 Å². The molecule has 0 amide bonds. The molecule has 0 saturated carbocycles. The van der Waals surface area contributed by atoms with E-state index in [-0.39, 0.29) is 78.2 Å². The molecule has 0 aliphatic carbocycles. The normalized spacial score (nSPS) is 49.2. The molecule has 6 saturated heterocycles. The minimum absolute atomic E-state index is 0.00518. The number of hydrogen-bond donors (Lipinski definition) is 3. The fraction of sp³-hybridized carbons (Fsp3) is 0.915. The van der Waals surface area contributed by atoms with Crippen LogP contribution in [0.2, 0.25) is 0 Å². The number of methoxy groups -OCH3 is 1. The Labute approximate surface area is 358 Å². The third-order valence-electron chi connectivity index (χ3n) is 15.8. The van der Waals surface area contributed by atoms with Gasteiger partial charge in [-0.25, -0.2) is 0 Å². The van der Waals surface area contributed by atoms with Crippen LogP contribution in [-0.4, -0.2) is 112 Å². The molecule has 21 atom stereocenters. The SMILES string of the molecule is COC1CCC(OC2CC(C3(C)CCC4(CC(O)C(C)C(C(C)C=C(C)C(=O)C(C)CC(C)C(=O)O)O4)O3)OC3(OC(C4OC(C)(O)C(C)CC4C)CC3C)C2C)OC1C. The number of carboxylic acid groups (broad SMARTS) is 1. The molecular weight excluding hydrogens is 773 g/mol. The summed E-state index contributed by atoms with van der Waals surface area (Å²) in [7, 11) is 1.72. The van der Waals surface area contributed by atoms with E-state index in [4.69, 9.17) is 37.9 Å². The van der Waals surface area contributed by atoms with Crippen LogP contribution in [0.1, 0.15) is 141 Å². The molecule has 6 aliphatic heterocycles. The second kappa shape index (κ2) is 18.2. The van der Waals surface area contributed by atoms with Crippen LogP contribution in [0.4, 0.5) is 0 Å². The molecule has 344 valence electrons. The van der Waals surface area contributed by atoms with E-state index < -0.39 is 65.4 Å². The summed E-state index contributed by atoms with van der Waals surface area (Å²) in [5.74, 6) is -5.99. The maximum atomic E-state index is 13.4. The Kier molecular flexibility index (Phi) is 14.5. The van der Waals surface area contributed by atoms with E-state index in [0.29, 0.717) is 44.1 Å². The van der Waals surface area contributed by atoms with Gasteiger partial charge in [-0.15, -0.1) is 0 Å². The summed E-state index contributed by atoms with van der Waals surface area (Å²) >= 11 is 0. The van der Waals surface area contributed by atoms with Gasteiger partial charge < -0.3 is 53.2 Å². The number of ether oxygens (including phenoxy) is 8. The molecular formula is C47H78O13. The van der Waals surface area contributed by atoms with Crippen molar-refractivity contribution in [1.29, 1.82) is 0 Å². The summed E-state index contributed by atoms with van der Waals surface area (Å²) in [6.45, 7) is 23.5. The molecule has 21 unspecified atom stereocenters. The average molecular weight is 851 g/mol. The van der Waals surface area contributed by atoms with Crippen LogP contribution < -0.4 is 0 Å². The second-order valence-corrected chi connectivity index (χ2v) is 20.7. The molecule has 6 aliphatic rings. The van der Waals surface area contributed by atoms with Crippen molar-refractivity contribution in [3.63, 3.8) is 0 Å².